The molecule has 35 heavy (non-hydrogen) atoms. The van der Waals surface area contributed by atoms with Crippen LogP contribution in [0.5, 0.6) is 0 Å². The number of aryl methyl sites for hydroxylation is 1. The molecule has 2 aliphatic rings. The van der Waals surface area contributed by atoms with E-state index in [9.17, 15) is 14.4 Å². The van der Waals surface area contributed by atoms with Crippen molar-refractivity contribution in [2.24, 2.45) is 18.9 Å². The maximum atomic E-state index is 15.0. The molecule has 174 valence electrons. The fraction of sp³-hybridized carbons (Fsp3) is 0.286. The van der Waals surface area contributed by atoms with E-state index in [0.29, 0.717) is 23.6 Å². The maximum absolute atomic E-state index is 15.0. The number of carbonyl (C=O) groups is 1. The fourth-order valence-electron chi connectivity index (χ4n) is 6.18. The van der Waals surface area contributed by atoms with Crippen LogP contribution in [-0.2, 0) is 23.7 Å². The standard InChI is InChI=1S/C28H24FN5O/c1-16-20-13-12-19-24(18-8-4-5-9-21(18)29)32-34(26(19)28(20,2)14-17(15-30)25(16)35)27-31-22-10-6-7-11-23(22)33(27)3/h4-11,14,16,20H,12-13H2,1-3H3/t16-,20-,28-/m1/s1. The zero-order valence-electron chi connectivity index (χ0n) is 19.8. The normalized spacial score (nSPS) is 23.5. The molecule has 0 saturated heterocycles. The monoisotopic (exact) mass is 465 g/mol. The van der Waals surface area contributed by atoms with Gasteiger partial charge in [-0.05, 0) is 43.0 Å². The molecular formula is C28H24FN5O. The van der Waals surface area contributed by atoms with Gasteiger partial charge in [0.05, 0.1) is 28.0 Å². The smallest absolute Gasteiger partial charge is 0.231 e. The maximum Gasteiger partial charge on any atom is 0.231 e. The predicted octanol–water partition coefficient (Wildman–Crippen LogP) is 5.05. The number of nitrogens with zero attached hydrogens (tertiary/aromatic N) is 5. The highest BCUT2D eigenvalue weighted by Crippen LogP contribution is 2.52. The van der Waals surface area contributed by atoms with E-state index in [1.54, 1.807) is 18.2 Å². The lowest BCUT2D eigenvalue weighted by Gasteiger charge is -2.45. The van der Waals surface area contributed by atoms with Gasteiger partial charge in [-0.2, -0.15) is 10.4 Å². The van der Waals surface area contributed by atoms with Crippen molar-refractivity contribution in [1.29, 1.82) is 5.26 Å². The molecule has 6 rings (SSSR count). The summed E-state index contributed by atoms with van der Waals surface area (Å²) in [5.41, 5.74) is 4.16. The van der Waals surface area contributed by atoms with E-state index in [0.717, 1.165) is 28.7 Å². The highest BCUT2D eigenvalue weighted by Gasteiger charge is 2.51. The van der Waals surface area contributed by atoms with Crippen LogP contribution < -0.4 is 0 Å². The zero-order chi connectivity index (χ0) is 24.5. The molecule has 3 atom stereocenters. The topological polar surface area (TPSA) is 76.5 Å². The second-order valence-electron chi connectivity index (χ2n) is 9.78. The van der Waals surface area contributed by atoms with E-state index in [4.69, 9.17) is 10.1 Å². The van der Waals surface area contributed by atoms with Crippen molar-refractivity contribution in [3.05, 3.63) is 77.3 Å². The van der Waals surface area contributed by atoms with Crippen molar-refractivity contribution in [2.75, 3.05) is 0 Å². The third-order valence-electron chi connectivity index (χ3n) is 7.90. The van der Waals surface area contributed by atoms with Gasteiger partial charge in [-0.15, -0.1) is 0 Å². The number of para-hydroxylation sites is 2. The lowest BCUT2D eigenvalue weighted by Crippen LogP contribution is -2.46. The summed E-state index contributed by atoms with van der Waals surface area (Å²) in [6, 6.07) is 16.6. The third-order valence-corrected chi connectivity index (χ3v) is 7.90. The van der Waals surface area contributed by atoms with Crippen molar-refractivity contribution in [3.63, 3.8) is 0 Å². The molecule has 0 bridgehead atoms. The van der Waals surface area contributed by atoms with E-state index >= 15 is 0 Å². The molecule has 0 saturated carbocycles. The number of imidazole rings is 1. The first-order valence-corrected chi connectivity index (χ1v) is 11.8. The van der Waals surface area contributed by atoms with Gasteiger partial charge >= 0.3 is 0 Å². The number of halogens is 1. The number of allylic oxidation sites excluding steroid dienone is 2. The van der Waals surface area contributed by atoms with Gasteiger partial charge in [-0.3, -0.25) is 4.79 Å². The van der Waals surface area contributed by atoms with E-state index in [1.165, 1.54) is 6.07 Å². The van der Waals surface area contributed by atoms with Gasteiger partial charge < -0.3 is 4.57 Å². The predicted molar refractivity (Wildman–Crippen MR) is 130 cm³/mol. The summed E-state index contributed by atoms with van der Waals surface area (Å²) < 4.78 is 18.8. The van der Waals surface area contributed by atoms with Crippen LogP contribution in [0, 0.1) is 29.0 Å². The molecule has 0 fully saturated rings. The van der Waals surface area contributed by atoms with Crippen LogP contribution in [0.4, 0.5) is 4.39 Å². The summed E-state index contributed by atoms with van der Waals surface area (Å²) in [4.78, 5) is 17.8. The summed E-state index contributed by atoms with van der Waals surface area (Å²) in [5, 5.41) is 14.7. The van der Waals surface area contributed by atoms with Gasteiger partial charge in [-0.1, -0.05) is 44.2 Å². The number of Topliss-reactive ketones (excluding diaryl/α,β-unsaturated/α-hetero) is 1. The Morgan fingerprint density at radius 2 is 1.91 bits per heavy atom. The molecule has 2 aliphatic carbocycles. The molecular weight excluding hydrogens is 441 g/mol. The zero-order valence-corrected chi connectivity index (χ0v) is 19.8. The fourth-order valence-corrected chi connectivity index (χ4v) is 6.18. The summed E-state index contributed by atoms with van der Waals surface area (Å²) in [6.45, 7) is 3.98. The van der Waals surface area contributed by atoms with Gasteiger partial charge in [0.2, 0.25) is 5.95 Å². The van der Waals surface area contributed by atoms with Crippen LogP contribution in [-0.4, -0.2) is 25.1 Å². The van der Waals surface area contributed by atoms with Crippen LogP contribution in [0.2, 0.25) is 0 Å². The van der Waals surface area contributed by atoms with Gasteiger partial charge in [0.15, 0.2) is 5.78 Å². The number of hydrogen-bond donors (Lipinski definition) is 0. The SMILES string of the molecule is C[C@H]1C(=O)C(C#N)=C[C@@]2(C)c3c(c(-c4ccccc4F)nn3-c3nc4ccccc4n3C)CC[C@H]12. The average Bonchev–Trinajstić information content (AvgIpc) is 3.40. The number of fused-ring (bicyclic) bond motifs is 4. The molecule has 0 radical (unpaired) electrons. The Bertz CT molecular complexity index is 1600. The second-order valence-corrected chi connectivity index (χ2v) is 9.78. The van der Waals surface area contributed by atoms with E-state index < -0.39 is 5.41 Å². The van der Waals surface area contributed by atoms with Gasteiger partial charge in [-0.25, -0.2) is 14.1 Å². The molecule has 6 nitrogen and oxygen atoms in total. The first kappa shape index (κ1) is 21.5. The molecule has 0 spiro atoms. The first-order chi connectivity index (χ1) is 16.8. The van der Waals surface area contributed by atoms with Crippen molar-refractivity contribution < 1.29 is 9.18 Å². The Morgan fingerprint density at radius 3 is 2.66 bits per heavy atom. The van der Waals surface area contributed by atoms with E-state index in [1.807, 2.05) is 53.6 Å². The number of aromatic nitrogens is 4. The number of rotatable bonds is 2. The van der Waals surface area contributed by atoms with Crippen LogP contribution in [0.25, 0.3) is 28.2 Å². The van der Waals surface area contributed by atoms with Crippen LogP contribution in [0.15, 0.2) is 60.2 Å². The lowest BCUT2D eigenvalue weighted by molar-refractivity contribution is -0.121. The minimum Gasteiger partial charge on any atom is -0.311 e. The van der Waals surface area contributed by atoms with Crippen molar-refractivity contribution in [2.45, 2.75) is 32.1 Å². The lowest BCUT2D eigenvalue weighted by atomic mass is 9.58. The highest BCUT2D eigenvalue weighted by atomic mass is 19.1. The quantitative estimate of drug-likeness (QED) is 0.415. The van der Waals surface area contributed by atoms with E-state index in [2.05, 4.69) is 13.0 Å². The van der Waals surface area contributed by atoms with Crippen LogP contribution in [0.1, 0.15) is 31.5 Å². The number of hydrogen-bond acceptors (Lipinski definition) is 4. The number of benzene rings is 2. The minimum atomic E-state index is -0.638. The number of nitriles is 1. The Hall–Kier alpha value is -4.05. The summed E-state index contributed by atoms with van der Waals surface area (Å²) in [5.74, 6) is -0.130. The van der Waals surface area contributed by atoms with Crippen LogP contribution in [0.3, 0.4) is 0 Å². The molecule has 0 N–H and O–H groups in total. The number of carbonyl (C=O) groups excluding carboxylic acids is 1. The highest BCUT2D eigenvalue weighted by molar-refractivity contribution is 6.02. The largest absolute Gasteiger partial charge is 0.311 e. The molecule has 2 heterocycles. The molecule has 2 aromatic carbocycles. The molecule has 4 aromatic rings. The first-order valence-electron chi connectivity index (χ1n) is 11.8. The Kier molecular flexibility index (Phi) is 4.59. The van der Waals surface area contributed by atoms with Gasteiger partial charge in [0.1, 0.15) is 11.9 Å². The Balaban J connectivity index is 1.71. The van der Waals surface area contributed by atoms with Crippen molar-refractivity contribution in [1.82, 2.24) is 19.3 Å². The van der Waals surface area contributed by atoms with Gasteiger partial charge in [0.25, 0.3) is 0 Å². The van der Waals surface area contributed by atoms with Crippen molar-refractivity contribution in [3.8, 4) is 23.3 Å². The van der Waals surface area contributed by atoms with E-state index in [-0.39, 0.29) is 29.0 Å². The molecule has 2 aromatic heterocycles. The average molecular weight is 466 g/mol. The number of ketones is 1. The minimum absolute atomic E-state index is 0.00166. The molecule has 7 heteroatoms. The summed E-state index contributed by atoms with van der Waals surface area (Å²) in [7, 11) is 1.94. The van der Waals surface area contributed by atoms with Crippen molar-refractivity contribution >= 4 is 16.8 Å². The molecule has 0 unspecified atom stereocenters. The molecule has 0 aliphatic heterocycles. The summed E-state index contributed by atoms with van der Waals surface area (Å²) >= 11 is 0. The second kappa shape index (κ2) is 7.47. The molecule has 0 amide bonds. The summed E-state index contributed by atoms with van der Waals surface area (Å²) in [6.07, 6.45) is 3.22. The van der Waals surface area contributed by atoms with Crippen LogP contribution >= 0.6 is 0 Å². The third kappa shape index (κ3) is 2.89. The Morgan fingerprint density at radius 1 is 1.17 bits per heavy atom. The Labute approximate surface area is 202 Å². The van der Waals surface area contributed by atoms with Gasteiger partial charge in [0, 0.05) is 29.5 Å².